The minimum Gasteiger partial charge on any atom is -0.330 e. The monoisotopic (exact) mass is 242 g/mol. The van der Waals surface area contributed by atoms with Crippen molar-refractivity contribution in [3.63, 3.8) is 0 Å². The molecule has 0 aliphatic heterocycles. The summed E-state index contributed by atoms with van der Waals surface area (Å²) in [5, 5.41) is 2.64. The number of thioether (sulfide) groups is 1. The molecule has 3 N–H and O–H groups in total. The molecule has 1 aromatic rings. The van der Waals surface area contributed by atoms with Crippen molar-refractivity contribution in [3.05, 3.63) is 30.1 Å². The normalized spacial score (nSPS) is 10.1. The second-order valence-corrected chi connectivity index (χ2v) is 4.43. The van der Waals surface area contributed by atoms with Crippen molar-refractivity contribution in [2.75, 3.05) is 23.4 Å². The van der Waals surface area contributed by atoms with Gasteiger partial charge < -0.3 is 11.1 Å². The van der Waals surface area contributed by atoms with Crippen LogP contribution in [0.3, 0.4) is 0 Å². The Labute approximate surface area is 98.6 Å². The fourth-order valence-corrected chi connectivity index (χ4v) is 1.84. The van der Waals surface area contributed by atoms with Gasteiger partial charge in [0.05, 0.1) is 0 Å². The molecule has 1 aromatic carbocycles. The number of carbonyl (C=O) groups is 1. The maximum Gasteiger partial charge on any atom is 0.225 e. The third kappa shape index (κ3) is 5.14. The van der Waals surface area contributed by atoms with E-state index in [-0.39, 0.29) is 11.7 Å². The molecule has 0 aliphatic rings. The van der Waals surface area contributed by atoms with Gasteiger partial charge in [-0.2, -0.15) is 11.8 Å². The van der Waals surface area contributed by atoms with Gasteiger partial charge >= 0.3 is 0 Å². The van der Waals surface area contributed by atoms with Crippen molar-refractivity contribution in [1.82, 2.24) is 0 Å². The molecule has 16 heavy (non-hydrogen) atoms. The van der Waals surface area contributed by atoms with E-state index < -0.39 is 0 Å². The van der Waals surface area contributed by atoms with Crippen LogP contribution >= 0.6 is 11.8 Å². The lowest BCUT2D eigenvalue weighted by Gasteiger charge is -2.04. The van der Waals surface area contributed by atoms with Crippen LogP contribution in [0.1, 0.15) is 6.42 Å². The third-order valence-corrected chi connectivity index (χ3v) is 2.86. The van der Waals surface area contributed by atoms with E-state index in [0.29, 0.717) is 18.7 Å². The van der Waals surface area contributed by atoms with Gasteiger partial charge in [-0.25, -0.2) is 4.39 Å². The zero-order valence-electron chi connectivity index (χ0n) is 8.91. The van der Waals surface area contributed by atoms with Crippen molar-refractivity contribution in [3.8, 4) is 0 Å². The van der Waals surface area contributed by atoms with Crippen LogP contribution in [-0.4, -0.2) is 24.0 Å². The van der Waals surface area contributed by atoms with Gasteiger partial charge in [0.15, 0.2) is 0 Å². The second-order valence-electron chi connectivity index (χ2n) is 3.21. The number of carbonyl (C=O) groups excluding carboxylic acids is 1. The largest absolute Gasteiger partial charge is 0.330 e. The molecule has 0 fully saturated rings. The third-order valence-electron chi connectivity index (χ3n) is 1.84. The van der Waals surface area contributed by atoms with Crippen LogP contribution in [0.2, 0.25) is 0 Å². The van der Waals surface area contributed by atoms with Gasteiger partial charge in [-0.15, -0.1) is 0 Å². The Hall–Kier alpha value is -1.07. The van der Waals surface area contributed by atoms with Crippen LogP contribution in [0.15, 0.2) is 24.3 Å². The highest BCUT2D eigenvalue weighted by Crippen LogP contribution is 2.10. The maximum atomic E-state index is 12.8. The molecule has 0 spiro atoms. The lowest BCUT2D eigenvalue weighted by atomic mass is 10.3. The van der Waals surface area contributed by atoms with E-state index >= 15 is 0 Å². The van der Waals surface area contributed by atoms with Crippen molar-refractivity contribution < 1.29 is 9.18 Å². The summed E-state index contributed by atoms with van der Waals surface area (Å²) >= 11 is 1.64. The number of nitrogens with one attached hydrogen (secondary N) is 1. The van der Waals surface area contributed by atoms with Crippen molar-refractivity contribution in [2.24, 2.45) is 5.73 Å². The Balaban J connectivity index is 2.29. The number of halogens is 1. The highest BCUT2D eigenvalue weighted by Gasteiger charge is 2.02. The smallest absolute Gasteiger partial charge is 0.225 e. The van der Waals surface area contributed by atoms with Crippen LogP contribution in [0.25, 0.3) is 0 Å². The highest BCUT2D eigenvalue weighted by molar-refractivity contribution is 7.99. The average molecular weight is 242 g/mol. The number of hydrogen-bond acceptors (Lipinski definition) is 3. The number of rotatable bonds is 6. The van der Waals surface area contributed by atoms with Gasteiger partial charge in [-0.3, -0.25) is 4.79 Å². The molecule has 0 radical (unpaired) electrons. The summed E-state index contributed by atoms with van der Waals surface area (Å²) in [6.45, 7) is 0.621. The first-order chi connectivity index (χ1) is 7.72. The Morgan fingerprint density at radius 1 is 1.44 bits per heavy atom. The number of anilines is 1. The Morgan fingerprint density at radius 3 is 2.94 bits per heavy atom. The molecule has 0 saturated heterocycles. The quantitative estimate of drug-likeness (QED) is 0.748. The molecule has 0 bridgehead atoms. The second kappa shape index (κ2) is 7.24. The minimum absolute atomic E-state index is 0.102. The van der Waals surface area contributed by atoms with Crippen molar-refractivity contribution in [1.29, 1.82) is 0 Å². The van der Waals surface area contributed by atoms with Gasteiger partial charge in [-0.05, 0) is 18.2 Å². The van der Waals surface area contributed by atoms with E-state index in [9.17, 15) is 9.18 Å². The first-order valence-corrected chi connectivity index (χ1v) is 6.21. The molecular weight excluding hydrogens is 227 g/mol. The fraction of sp³-hybridized carbons (Fsp3) is 0.364. The lowest BCUT2D eigenvalue weighted by Crippen LogP contribution is -2.13. The van der Waals surface area contributed by atoms with E-state index in [1.54, 1.807) is 23.9 Å². The van der Waals surface area contributed by atoms with Gasteiger partial charge in [0, 0.05) is 30.2 Å². The van der Waals surface area contributed by atoms with Crippen molar-refractivity contribution >= 4 is 23.4 Å². The number of nitrogens with two attached hydrogens (primary N) is 1. The summed E-state index contributed by atoms with van der Waals surface area (Å²) in [6, 6.07) is 5.86. The molecule has 0 heterocycles. The predicted octanol–water partition coefficient (Wildman–Crippen LogP) is 1.85. The summed E-state index contributed by atoms with van der Waals surface area (Å²) in [5.41, 5.74) is 5.82. The number of benzene rings is 1. The van der Waals surface area contributed by atoms with E-state index in [1.165, 1.54) is 12.1 Å². The first-order valence-electron chi connectivity index (χ1n) is 5.05. The van der Waals surface area contributed by atoms with Crippen LogP contribution in [0.4, 0.5) is 10.1 Å². The van der Waals surface area contributed by atoms with Gasteiger partial charge in [-0.1, -0.05) is 6.07 Å². The summed E-state index contributed by atoms with van der Waals surface area (Å²) in [5.74, 6) is 1.14. The predicted molar refractivity (Wildman–Crippen MR) is 66.0 cm³/mol. The topological polar surface area (TPSA) is 55.1 Å². The van der Waals surface area contributed by atoms with Crippen LogP contribution < -0.4 is 11.1 Å². The molecule has 0 saturated carbocycles. The zero-order chi connectivity index (χ0) is 11.8. The van der Waals surface area contributed by atoms with Crippen LogP contribution in [-0.2, 0) is 4.79 Å². The summed E-state index contributed by atoms with van der Waals surface area (Å²) in [4.78, 5) is 11.4. The van der Waals surface area contributed by atoms with Crippen molar-refractivity contribution in [2.45, 2.75) is 6.42 Å². The first kappa shape index (κ1) is 13.0. The lowest BCUT2D eigenvalue weighted by molar-refractivity contribution is -0.115. The Kier molecular flexibility index (Phi) is 5.88. The highest BCUT2D eigenvalue weighted by atomic mass is 32.2. The Bertz CT molecular complexity index is 347. The SMILES string of the molecule is NCCSCCC(=O)Nc1cccc(F)c1. The van der Waals surface area contributed by atoms with Crippen LogP contribution in [0, 0.1) is 5.82 Å². The summed E-state index contributed by atoms with van der Waals surface area (Å²) in [7, 11) is 0. The van der Waals surface area contributed by atoms with Crippen LogP contribution in [0.5, 0.6) is 0 Å². The maximum absolute atomic E-state index is 12.8. The van der Waals surface area contributed by atoms with E-state index in [0.717, 1.165) is 11.5 Å². The van der Waals surface area contributed by atoms with E-state index in [2.05, 4.69) is 5.32 Å². The van der Waals surface area contributed by atoms with Gasteiger partial charge in [0.1, 0.15) is 5.82 Å². The molecule has 0 aromatic heterocycles. The molecule has 88 valence electrons. The molecule has 0 unspecified atom stereocenters. The summed E-state index contributed by atoms with van der Waals surface area (Å²) in [6.07, 6.45) is 0.418. The number of amides is 1. The molecule has 3 nitrogen and oxygen atoms in total. The van der Waals surface area contributed by atoms with Gasteiger partial charge in [0.25, 0.3) is 0 Å². The molecule has 5 heteroatoms. The molecule has 0 atom stereocenters. The molecular formula is C11H15FN2OS. The molecule has 1 amide bonds. The number of hydrogen-bond donors (Lipinski definition) is 2. The molecule has 1 rings (SSSR count). The van der Waals surface area contributed by atoms with Gasteiger partial charge in [0.2, 0.25) is 5.91 Å². The fourth-order valence-electron chi connectivity index (χ4n) is 1.14. The van der Waals surface area contributed by atoms with E-state index in [1.807, 2.05) is 0 Å². The van der Waals surface area contributed by atoms with E-state index in [4.69, 9.17) is 5.73 Å². The Morgan fingerprint density at radius 2 is 2.25 bits per heavy atom. The average Bonchev–Trinajstić information content (AvgIpc) is 2.24. The zero-order valence-corrected chi connectivity index (χ0v) is 9.73. The minimum atomic E-state index is -0.352. The standard InChI is InChI=1S/C11H15FN2OS/c12-9-2-1-3-10(8-9)14-11(15)4-6-16-7-5-13/h1-3,8H,4-7,13H2,(H,14,15). The molecule has 0 aliphatic carbocycles. The summed E-state index contributed by atoms with van der Waals surface area (Å²) < 4.78 is 12.8.